The summed E-state index contributed by atoms with van der Waals surface area (Å²) in [5.41, 5.74) is 2.81. The van der Waals surface area contributed by atoms with Crippen LogP contribution in [0.4, 0.5) is 5.00 Å². The minimum Gasteiger partial charge on any atom is -0.464 e. The summed E-state index contributed by atoms with van der Waals surface area (Å²) in [7, 11) is -2.63. The summed E-state index contributed by atoms with van der Waals surface area (Å²) in [6.07, 6.45) is 0. The lowest BCUT2D eigenvalue weighted by molar-refractivity contribution is 0.0596. The first-order valence-electron chi connectivity index (χ1n) is 6.26. The molecular formula is C13H12N2O5S2. The van der Waals surface area contributed by atoms with Crippen molar-refractivity contribution in [3.63, 3.8) is 0 Å². The van der Waals surface area contributed by atoms with Crippen LogP contribution in [-0.2, 0) is 32.7 Å². The van der Waals surface area contributed by atoms with Gasteiger partial charge < -0.3 is 9.47 Å². The predicted molar refractivity (Wildman–Crippen MR) is 79.2 cm³/mol. The molecule has 3 rings (SSSR count). The molecule has 0 fully saturated rings. The molecule has 0 saturated heterocycles. The fourth-order valence-electron chi connectivity index (χ4n) is 2.16. The number of hydrogen-bond acceptors (Lipinski definition) is 7. The lowest BCUT2D eigenvalue weighted by Crippen LogP contribution is -2.16. The van der Waals surface area contributed by atoms with Gasteiger partial charge in [0.15, 0.2) is 5.69 Å². The molecule has 1 aliphatic heterocycles. The molecule has 1 N–H and O–H groups in total. The number of sulfonamides is 1. The minimum atomic E-state index is -3.84. The zero-order chi connectivity index (χ0) is 15.7. The summed E-state index contributed by atoms with van der Waals surface area (Å²) in [5, 5.41) is 0.128. The van der Waals surface area contributed by atoms with E-state index in [1.807, 2.05) is 6.07 Å². The highest BCUT2D eigenvalue weighted by atomic mass is 32.2. The maximum Gasteiger partial charge on any atom is 0.359 e. The van der Waals surface area contributed by atoms with Gasteiger partial charge in [-0.2, -0.15) is 0 Å². The van der Waals surface area contributed by atoms with E-state index < -0.39 is 16.0 Å². The minimum absolute atomic E-state index is 0.0556. The van der Waals surface area contributed by atoms with Gasteiger partial charge in [-0.05, 0) is 11.6 Å². The second-order valence-electron chi connectivity index (χ2n) is 4.51. The van der Waals surface area contributed by atoms with Crippen LogP contribution in [0.5, 0.6) is 0 Å². The van der Waals surface area contributed by atoms with Crippen molar-refractivity contribution in [3.05, 3.63) is 40.5 Å². The molecule has 2 aromatic rings. The number of aromatic nitrogens is 1. The molecule has 0 radical (unpaired) electrons. The van der Waals surface area contributed by atoms with E-state index in [-0.39, 0.29) is 22.2 Å². The van der Waals surface area contributed by atoms with Crippen molar-refractivity contribution in [1.82, 2.24) is 4.98 Å². The monoisotopic (exact) mass is 340 g/mol. The summed E-state index contributed by atoms with van der Waals surface area (Å²) in [5.74, 6) is -0.694. The van der Waals surface area contributed by atoms with Gasteiger partial charge in [-0.3, -0.25) is 4.72 Å². The number of benzene rings is 1. The Bertz CT molecular complexity index is 829. The lowest BCUT2D eigenvalue weighted by atomic mass is 10.1. The lowest BCUT2D eigenvalue weighted by Gasteiger charge is -2.10. The van der Waals surface area contributed by atoms with Gasteiger partial charge in [0.2, 0.25) is 0 Å². The van der Waals surface area contributed by atoms with Gasteiger partial charge >= 0.3 is 5.97 Å². The smallest absolute Gasteiger partial charge is 0.359 e. The average molecular weight is 340 g/mol. The summed E-state index contributed by atoms with van der Waals surface area (Å²) in [6, 6.07) is 5.00. The molecule has 0 spiro atoms. The Labute approximate surface area is 131 Å². The highest BCUT2D eigenvalue weighted by Gasteiger charge is 2.26. The van der Waals surface area contributed by atoms with Crippen molar-refractivity contribution in [2.45, 2.75) is 18.1 Å². The number of carbonyl (C=O) groups is 1. The number of ether oxygens (including phenoxy) is 2. The number of methoxy groups -OCH3 is 1. The quantitative estimate of drug-likeness (QED) is 0.852. The van der Waals surface area contributed by atoms with E-state index in [1.54, 1.807) is 6.07 Å². The molecule has 0 aliphatic carbocycles. The molecule has 7 nitrogen and oxygen atoms in total. The maximum atomic E-state index is 12.6. The highest BCUT2D eigenvalue weighted by Crippen LogP contribution is 2.30. The number of nitrogens with one attached hydrogen (secondary N) is 1. The van der Waals surface area contributed by atoms with Crippen LogP contribution < -0.4 is 4.72 Å². The molecule has 1 aliphatic rings. The van der Waals surface area contributed by atoms with Gasteiger partial charge in [-0.15, -0.1) is 11.3 Å². The number of rotatable bonds is 4. The first-order chi connectivity index (χ1) is 10.5. The predicted octanol–water partition coefficient (Wildman–Crippen LogP) is 1.76. The van der Waals surface area contributed by atoms with Gasteiger partial charge in [0.1, 0.15) is 5.00 Å². The van der Waals surface area contributed by atoms with Gasteiger partial charge in [0.05, 0.1) is 30.7 Å². The van der Waals surface area contributed by atoms with Crippen LogP contribution in [0.15, 0.2) is 28.6 Å². The number of esters is 1. The van der Waals surface area contributed by atoms with Crippen molar-refractivity contribution in [1.29, 1.82) is 0 Å². The molecule has 0 bridgehead atoms. The van der Waals surface area contributed by atoms with Gasteiger partial charge in [0.25, 0.3) is 10.0 Å². The van der Waals surface area contributed by atoms with Crippen LogP contribution in [0.3, 0.4) is 0 Å². The zero-order valence-electron chi connectivity index (χ0n) is 11.5. The molecule has 1 aromatic carbocycles. The van der Waals surface area contributed by atoms with Crippen LogP contribution in [-0.4, -0.2) is 26.5 Å². The van der Waals surface area contributed by atoms with Crippen molar-refractivity contribution < 1.29 is 22.7 Å². The van der Waals surface area contributed by atoms with E-state index in [1.165, 1.54) is 18.7 Å². The van der Waals surface area contributed by atoms with E-state index in [0.717, 1.165) is 16.9 Å². The van der Waals surface area contributed by atoms with Crippen molar-refractivity contribution >= 4 is 32.3 Å². The SMILES string of the molecule is COC(=O)c1ncsc1NS(=O)(=O)c1cccc2c1COC2. The average Bonchev–Trinajstić information content (AvgIpc) is 3.14. The Kier molecular flexibility index (Phi) is 3.85. The van der Waals surface area contributed by atoms with E-state index in [9.17, 15) is 13.2 Å². The topological polar surface area (TPSA) is 94.6 Å². The number of carbonyl (C=O) groups excluding carboxylic acids is 1. The normalized spacial score (nSPS) is 13.7. The van der Waals surface area contributed by atoms with Crippen molar-refractivity contribution in [2.75, 3.05) is 11.8 Å². The fourth-order valence-corrected chi connectivity index (χ4v) is 4.42. The molecular weight excluding hydrogens is 328 g/mol. The Morgan fingerprint density at radius 2 is 2.23 bits per heavy atom. The maximum absolute atomic E-state index is 12.6. The Morgan fingerprint density at radius 3 is 3.00 bits per heavy atom. The standard InChI is InChI=1S/C13H12N2O5S2/c1-19-13(16)11-12(21-7-14-11)15-22(17,18)10-4-2-3-8-5-20-6-9(8)10/h2-4,7,15H,5-6H2,1H3. The van der Waals surface area contributed by atoms with E-state index in [2.05, 4.69) is 14.4 Å². The van der Waals surface area contributed by atoms with Crippen molar-refractivity contribution in [2.24, 2.45) is 0 Å². The molecule has 1 aromatic heterocycles. The number of hydrogen-bond donors (Lipinski definition) is 1. The molecule has 2 heterocycles. The molecule has 0 saturated carbocycles. The van der Waals surface area contributed by atoms with Gasteiger partial charge in [-0.1, -0.05) is 12.1 Å². The second-order valence-corrected chi connectivity index (χ2v) is 7.02. The van der Waals surface area contributed by atoms with Crippen LogP contribution >= 0.6 is 11.3 Å². The Morgan fingerprint density at radius 1 is 1.41 bits per heavy atom. The molecule has 9 heteroatoms. The third kappa shape index (κ3) is 2.58. The summed E-state index contributed by atoms with van der Waals surface area (Å²) >= 11 is 1.01. The third-order valence-corrected chi connectivity index (χ3v) is 5.50. The van der Waals surface area contributed by atoms with E-state index in [0.29, 0.717) is 12.2 Å². The number of anilines is 1. The fraction of sp³-hybridized carbons (Fsp3) is 0.231. The summed E-state index contributed by atoms with van der Waals surface area (Å²) in [6.45, 7) is 0.644. The Hall–Kier alpha value is -1.97. The van der Waals surface area contributed by atoms with Crippen LogP contribution in [0.2, 0.25) is 0 Å². The molecule has 0 atom stereocenters. The van der Waals surface area contributed by atoms with Gasteiger partial charge in [0, 0.05) is 5.56 Å². The molecule has 116 valence electrons. The summed E-state index contributed by atoms with van der Waals surface area (Å²) in [4.78, 5) is 15.5. The zero-order valence-corrected chi connectivity index (χ0v) is 13.2. The molecule has 22 heavy (non-hydrogen) atoms. The second kappa shape index (κ2) is 5.67. The van der Waals surface area contributed by atoms with Gasteiger partial charge in [-0.25, -0.2) is 18.2 Å². The van der Waals surface area contributed by atoms with Crippen LogP contribution in [0.1, 0.15) is 21.6 Å². The van der Waals surface area contributed by atoms with E-state index >= 15 is 0 Å². The Balaban J connectivity index is 1.97. The number of thiazole rings is 1. The molecule has 0 unspecified atom stereocenters. The number of nitrogens with zero attached hydrogens (tertiary/aromatic N) is 1. The first-order valence-corrected chi connectivity index (χ1v) is 8.62. The molecule has 0 amide bonds. The third-order valence-electron chi connectivity index (χ3n) is 3.20. The first kappa shape index (κ1) is 14.9. The largest absolute Gasteiger partial charge is 0.464 e. The van der Waals surface area contributed by atoms with Crippen molar-refractivity contribution in [3.8, 4) is 0 Å². The number of fused-ring (bicyclic) bond motifs is 1. The van der Waals surface area contributed by atoms with Crippen LogP contribution in [0.25, 0.3) is 0 Å². The summed E-state index contributed by atoms with van der Waals surface area (Å²) < 4.78 is 37.4. The van der Waals surface area contributed by atoms with Crippen LogP contribution in [0, 0.1) is 0 Å². The highest BCUT2D eigenvalue weighted by molar-refractivity contribution is 7.93. The van der Waals surface area contributed by atoms with E-state index in [4.69, 9.17) is 4.74 Å².